The third kappa shape index (κ3) is 3.53. The first kappa shape index (κ1) is 14.4. The van der Waals surface area contributed by atoms with Crippen LogP contribution < -0.4 is 10.6 Å². The lowest BCUT2D eigenvalue weighted by Crippen LogP contribution is -2.36. The van der Waals surface area contributed by atoms with E-state index in [1.165, 1.54) is 4.88 Å². The Bertz CT molecular complexity index is 599. The standard InChI is InChI=1S/C12H19N7S/c1-8-10(20-9(2)17-8)5-14-12(13-3)15-6-11-18-16-7-19(11)4/h7H,5-6H2,1-4H3,(H2,13,14,15). The topological polar surface area (TPSA) is 80.0 Å². The quantitative estimate of drug-likeness (QED) is 0.642. The van der Waals surface area contributed by atoms with E-state index in [9.17, 15) is 0 Å². The molecule has 7 nitrogen and oxygen atoms in total. The molecule has 108 valence electrons. The second-order valence-corrected chi connectivity index (χ2v) is 5.67. The molecule has 0 amide bonds. The molecule has 0 fully saturated rings. The van der Waals surface area contributed by atoms with Crippen LogP contribution in [0, 0.1) is 13.8 Å². The van der Waals surface area contributed by atoms with Crippen LogP contribution in [0.2, 0.25) is 0 Å². The van der Waals surface area contributed by atoms with E-state index in [2.05, 4.69) is 30.8 Å². The monoisotopic (exact) mass is 293 g/mol. The second kappa shape index (κ2) is 6.47. The molecule has 2 aromatic rings. The summed E-state index contributed by atoms with van der Waals surface area (Å²) >= 11 is 1.70. The van der Waals surface area contributed by atoms with Crippen LogP contribution in [0.1, 0.15) is 21.4 Å². The van der Waals surface area contributed by atoms with E-state index >= 15 is 0 Å². The first-order valence-electron chi connectivity index (χ1n) is 6.30. The van der Waals surface area contributed by atoms with E-state index in [0.29, 0.717) is 6.54 Å². The van der Waals surface area contributed by atoms with E-state index in [1.54, 1.807) is 24.7 Å². The molecule has 0 saturated carbocycles. The fourth-order valence-corrected chi connectivity index (χ4v) is 2.63. The van der Waals surface area contributed by atoms with Crippen molar-refractivity contribution in [3.8, 4) is 0 Å². The summed E-state index contributed by atoms with van der Waals surface area (Å²) < 4.78 is 1.87. The Labute approximate surface area is 122 Å². The minimum atomic E-state index is 0.580. The number of rotatable bonds is 4. The molecule has 0 radical (unpaired) electrons. The molecule has 0 saturated heterocycles. The molecular formula is C12H19N7S. The summed E-state index contributed by atoms with van der Waals surface area (Å²) in [5.41, 5.74) is 1.07. The maximum Gasteiger partial charge on any atom is 0.191 e. The predicted octanol–water partition coefficient (Wildman–Crippen LogP) is 0.754. The van der Waals surface area contributed by atoms with Gasteiger partial charge in [-0.05, 0) is 13.8 Å². The Morgan fingerprint density at radius 2 is 2.10 bits per heavy atom. The van der Waals surface area contributed by atoms with E-state index in [0.717, 1.165) is 29.0 Å². The Kier molecular flexibility index (Phi) is 4.67. The molecule has 0 bridgehead atoms. The van der Waals surface area contributed by atoms with E-state index in [1.807, 2.05) is 25.5 Å². The highest BCUT2D eigenvalue weighted by molar-refractivity contribution is 7.11. The molecule has 0 aliphatic carbocycles. The number of hydrogen-bond donors (Lipinski definition) is 2. The van der Waals surface area contributed by atoms with Crippen LogP contribution in [-0.4, -0.2) is 32.8 Å². The van der Waals surface area contributed by atoms with Crippen molar-refractivity contribution in [3.05, 3.63) is 27.7 Å². The molecule has 0 aliphatic rings. The van der Waals surface area contributed by atoms with Gasteiger partial charge in [0.05, 0.1) is 23.8 Å². The van der Waals surface area contributed by atoms with Crippen LogP contribution in [0.5, 0.6) is 0 Å². The van der Waals surface area contributed by atoms with Crippen molar-refractivity contribution in [3.63, 3.8) is 0 Å². The SMILES string of the molecule is CN=C(NCc1sc(C)nc1C)NCc1nncn1C. The van der Waals surface area contributed by atoms with Gasteiger partial charge in [-0.1, -0.05) is 0 Å². The lowest BCUT2D eigenvalue weighted by molar-refractivity contribution is 0.726. The average Bonchev–Trinajstić information content (AvgIpc) is 2.96. The molecule has 0 unspecified atom stereocenters. The average molecular weight is 293 g/mol. The second-order valence-electron chi connectivity index (χ2n) is 4.38. The Hall–Kier alpha value is -1.96. The molecule has 2 rings (SSSR count). The fraction of sp³-hybridized carbons (Fsp3) is 0.500. The van der Waals surface area contributed by atoms with Gasteiger partial charge in [0.2, 0.25) is 0 Å². The minimum Gasteiger partial charge on any atom is -0.351 e. The molecule has 2 heterocycles. The van der Waals surface area contributed by atoms with Crippen molar-refractivity contribution in [2.45, 2.75) is 26.9 Å². The van der Waals surface area contributed by atoms with Gasteiger partial charge in [-0.2, -0.15) is 0 Å². The van der Waals surface area contributed by atoms with Crippen molar-refractivity contribution in [1.29, 1.82) is 0 Å². The normalized spacial score (nSPS) is 11.7. The van der Waals surface area contributed by atoms with Gasteiger partial charge in [-0.15, -0.1) is 21.5 Å². The van der Waals surface area contributed by atoms with Crippen molar-refractivity contribution >= 4 is 17.3 Å². The summed E-state index contributed by atoms with van der Waals surface area (Å²) in [6.45, 7) is 5.34. The maximum absolute atomic E-state index is 4.41. The number of aromatic nitrogens is 4. The van der Waals surface area contributed by atoms with Gasteiger partial charge >= 0.3 is 0 Å². The van der Waals surface area contributed by atoms with E-state index < -0.39 is 0 Å². The smallest absolute Gasteiger partial charge is 0.191 e. The van der Waals surface area contributed by atoms with E-state index in [-0.39, 0.29) is 0 Å². The highest BCUT2D eigenvalue weighted by Crippen LogP contribution is 2.16. The molecule has 0 aliphatic heterocycles. The van der Waals surface area contributed by atoms with Gasteiger partial charge in [0.1, 0.15) is 6.33 Å². The van der Waals surface area contributed by atoms with Crippen LogP contribution in [0.15, 0.2) is 11.3 Å². The molecule has 0 aromatic carbocycles. The van der Waals surface area contributed by atoms with Gasteiger partial charge in [0.15, 0.2) is 11.8 Å². The first-order valence-corrected chi connectivity index (χ1v) is 7.12. The van der Waals surface area contributed by atoms with Crippen molar-refractivity contribution < 1.29 is 0 Å². The van der Waals surface area contributed by atoms with Gasteiger partial charge < -0.3 is 15.2 Å². The van der Waals surface area contributed by atoms with Crippen LogP contribution in [0.3, 0.4) is 0 Å². The molecule has 0 spiro atoms. The van der Waals surface area contributed by atoms with Gasteiger partial charge in [0.25, 0.3) is 0 Å². The van der Waals surface area contributed by atoms with Crippen LogP contribution in [0.25, 0.3) is 0 Å². The van der Waals surface area contributed by atoms with Crippen LogP contribution >= 0.6 is 11.3 Å². The summed E-state index contributed by atoms with van der Waals surface area (Å²) in [7, 11) is 3.66. The van der Waals surface area contributed by atoms with Gasteiger partial charge in [-0.25, -0.2) is 4.98 Å². The highest BCUT2D eigenvalue weighted by atomic mass is 32.1. The summed E-state index contributed by atoms with van der Waals surface area (Å²) in [6, 6.07) is 0. The molecule has 0 atom stereocenters. The summed E-state index contributed by atoms with van der Waals surface area (Å²) in [4.78, 5) is 9.83. The number of guanidine groups is 1. The predicted molar refractivity (Wildman–Crippen MR) is 79.6 cm³/mol. The third-order valence-corrected chi connectivity index (χ3v) is 3.93. The Morgan fingerprint density at radius 1 is 1.35 bits per heavy atom. The number of thiazole rings is 1. The minimum absolute atomic E-state index is 0.580. The lowest BCUT2D eigenvalue weighted by atomic mass is 10.4. The Balaban J connectivity index is 1.87. The van der Waals surface area contributed by atoms with Crippen molar-refractivity contribution in [2.24, 2.45) is 12.0 Å². The number of hydrogen-bond acceptors (Lipinski definition) is 5. The zero-order chi connectivity index (χ0) is 14.5. The number of nitrogens with one attached hydrogen (secondary N) is 2. The lowest BCUT2D eigenvalue weighted by Gasteiger charge is -2.10. The highest BCUT2D eigenvalue weighted by Gasteiger charge is 2.06. The van der Waals surface area contributed by atoms with Crippen LogP contribution in [0.4, 0.5) is 0 Å². The van der Waals surface area contributed by atoms with Gasteiger partial charge in [0, 0.05) is 19.0 Å². The molecule has 20 heavy (non-hydrogen) atoms. The zero-order valence-corrected chi connectivity index (χ0v) is 13.0. The van der Waals surface area contributed by atoms with Crippen molar-refractivity contribution in [2.75, 3.05) is 7.05 Å². The summed E-state index contributed by atoms with van der Waals surface area (Å²) in [5, 5.41) is 15.4. The zero-order valence-electron chi connectivity index (χ0n) is 12.1. The first-order chi connectivity index (χ1) is 9.60. The summed E-state index contributed by atoms with van der Waals surface area (Å²) in [5.74, 6) is 1.59. The number of nitrogens with zero attached hydrogens (tertiary/aromatic N) is 5. The third-order valence-electron chi connectivity index (χ3n) is 2.86. The molecule has 2 N–H and O–H groups in total. The van der Waals surface area contributed by atoms with Crippen LogP contribution in [-0.2, 0) is 20.1 Å². The molecule has 8 heteroatoms. The largest absolute Gasteiger partial charge is 0.351 e. The summed E-state index contributed by atoms with van der Waals surface area (Å²) in [6.07, 6.45) is 1.68. The molecular weight excluding hydrogens is 274 g/mol. The maximum atomic E-state index is 4.41. The number of aryl methyl sites for hydroxylation is 3. The number of aliphatic imine (C=N–C) groups is 1. The fourth-order valence-electron chi connectivity index (χ4n) is 1.75. The van der Waals surface area contributed by atoms with Crippen molar-refractivity contribution in [1.82, 2.24) is 30.4 Å². The Morgan fingerprint density at radius 3 is 2.65 bits per heavy atom. The van der Waals surface area contributed by atoms with Gasteiger partial charge in [-0.3, -0.25) is 4.99 Å². The molecule has 2 aromatic heterocycles. The van der Waals surface area contributed by atoms with E-state index in [4.69, 9.17) is 0 Å².